The van der Waals surface area contributed by atoms with Crippen molar-refractivity contribution in [1.29, 1.82) is 0 Å². The lowest BCUT2D eigenvalue weighted by molar-refractivity contribution is 0.103. The van der Waals surface area contributed by atoms with E-state index in [0.717, 1.165) is 54.0 Å². The molecule has 3 aromatic carbocycles. The predicted octanol–water partition coefficient (Wildman–Crippen LogP) is 9.02. The molecule has 0 aliphatic heterocycles. The van der Waals surface area contributed by atoms with Gasteiger partial charge in [-0.3, -0.25) is 9.59 Å². The second-order valence-electron chi connectivity index (χ2n) is 11.1. The number of hydrogen-bond donors (Lipinski definition) is 0. The van der Waals surface area contributed by atoms with Gasteiger partial charge in [-0.05, 0) is 85.8 Å². The van der Waals surface area contributed by atoms with Crippen molar-refractivity contribution in [2.45, 2.75) is 78.7 Å². The highest BCUT2D eigenvalue weighted by Gasteiger charge is 2.20. The van der Waals surface area contributed by atoms with Gasteiger partial charge in [0.2, 0.25) is 5.78 Å². The number of fused-ring (bicyclic) bond motifs is 3. The van der Waals surface area contributed by atoms with E-state index in [1.165, 1.54) is 26.4 Å². The van der Waals surface area contributed by atoms with Crippen LogP contribution in [-0.2, 0) is 11.4 Å². The highest BCUT2D eigenvalue weighted by Crippen LogP contribution is 2.33. The number of carbonyl (C=O) groups excluding carboxylic acids is 2. The van der Waals surface area contributed by atoms with Crippen molar-refractivity contribution in [2.75, 3.05) is 14.2 Å². The van der Waals surface area contributed by atoms with Gasteiger partial charge in [0, 0.05) is 45.0 Å². The van der Waals surface area contributed by atoms with E-state index in [9.17, 15) is 9.59 Å². The molecule has 222 valence electrons. The molecule has 0 aliphatic carbocycles. The topological polar surface area (TPSA) is 69.9 Å². The number of aromatic nitrogens is 1. The van der Waals surface area contributed by atoms with Gasteiger partial charge < -0.3 is 14.1 Å². The number of nitrogens with zero attached hydrogens (tertiary/aromatic N) is 2. The summed E-state index contributed by atoms with van der Waals surface area (Å²) in [7, 11) is 3.09. The fourth-order valence-corrected chi connectivity index (χ4v) is 5.69. The van der Waals surface area contributed by atoms with Gasteiger partial charge in [-0.15, -0.1) is 0 Å². The number of oxime groups is 1. The Bertz CT molecular complexity index is 1550. The molecule has 0 amide bonds. The average Bonchev–Trinajstić information content (AvgIpc) is 3.33. The lowest BCUT2D eigenvalue weighted by Crippen LogP contribution is -2.15. The van der Waals surface area contributed by atoms with Crippen LogP contribution in [-0.4, -0.2) is 36.1 Å². The van der Waals surface area contributed by atoms with Crippen molar-refractivity contribution in [3.8, 4) is 5.75 Å². The van der Waals surface area contributed by atoms with Gasteiger partial charge in [0.25, 0.3) is 0 Å². The fraction of sp³-hybridized carbons (Fsp3) is 0.417. The molecule has 0 radical (unpaired) electrons. The Morgan fingerprint density at radius 2 is 1.40 bits per heavy atom. The molecule has 4 rings (SSSR count). The summed E-state index contributed by atoms with van der Waals surface area (Å²) >= 11 is 0. The van der Waals surface area contributed by atoms with E-state index < -0.39 is 0 Å². The maximum atomic E-state index is 13.6. The van der Waals surface area contributed by atoms with E-state index in [0.29, 0.717) is 40.5 Å². The molecule has 1 aromatic heterocycles. The van der Waals surface area contributed by atoms with Crippen LogP contribution in [0.3, 0.4) is 0 Å². The van der Waals surface area contributed by atoms with Crippen molar-refractivity contribution in [2.24, 2.45) is 11.1 Å². The van der Waals surface area contributed by atoms with E-state index in [2.05, 4.69) is 42.6 Å². The SMILES string of the molecule is CCCCC/C(=N\OC)C(=O)c1ccc2c(c1)c1cc(C(=O)c3ccc(OC)cc3)ccc1n2CC(CC)CCCC. The third-order valence-corrected chi connectivity index (χ3v) is 8.21. The van der Waals surface area contributed by atoms with Crippen molar-refractivity contribution >= 4 is 39.1 Å². The first-order valence-electron chi connectivity index (χ1n) is 15.3. The van der Waals surface area contributed by atoms with Crippen LogP contribution in [0.2, 0.25) is 0 Å². The number of benzene rings is 3. The molecule has 0 saturated heterocycles. The van der Waals surface area contributed by atoms with Crippen LogP contribution in [0, 0.1) is 5.92 Å². The van der Waals surface area contributed by atoms with Crippen molar-refractivity contribution in [3.05, 3.63) is 77.4 Å². The average molecular weight is 569 g/mol. The summed E-state index contributed by atoms with van der Waals surface area (Å²) in [6.07, 6.45) is 8.21. The number of Topliss-reactive ketones (excluding diaryl/α,β-unsaturated/α-hetero) is 1. The van der Waals surface area contributed by atoms with Crippen LogP contribution in [0.4, 0.5) is 0 Å². The summed E-state index contributed by atoms with van der Waals surface area (Å²) in [6, 6.07) is 19.1. The molecule has 0 spiro atoms. The summed E-state index contributed by atoms with van der Waals surface area (Å²) in [5.41, 5.74) is 4.38. The Labute approximate surface area is 249 Å². The minimum Gasteiger partial charge on any atom is -0.497 e. The van der Waals surface area contributed by atoms with Crippen LogP contribution >= 0.6 is 0 Å². The molecular weight excluding hydrogens is 524 g/mol. The Morgan fingerprint density at radius 1 is 0.786 bits per heavy atom. The maximum absolute atomic E-state index is 13.6. The van der Waals surface area contributed by atoms with E-state index in [4.69, 9.17) is 9.57 Å². The van der Waals surface area contributed by atoms with E-state index in [1.54, 1.807) is 31.4 Å². The second-order valence-corrected chi connectivity index (χ2v) is 11.1. The van der Waals surface area contributed by atoms with Gasteiger partial charge in [-0.2, -0.15) is 0 Å². The fourth-order valence-electron chi connectivity index (χ4n) is 5.69. The Hall–Kier alpha value is -3.93. The lowest BCUT2D eigenvalue weighted by Gasteiger charge is -2.17. The van der Waals surface area contributed by atoms with Gasteiger partial charge in [-0.25, -0.2) is 0 Å². The number of carbonyl (C=O) groups is 2. The molecule has 1 heterocycles. The van der Waals surface area contributed by atoms with E-state index in [-0.39, 0.29) is 11.6 Å². The maximum Gasteiger partial charge on any atom is 0.210 e. The molecule has 42 heavy (non-hydrogen) atoms. The van der Waals surface area contributed by atoms with Crippen LogP contribution in [0.5, 0.6) is 5.75 Å². The van der Waals surface area contributed by atoms with Gasteiger partial charge in [0.1, 0.15) is 18.6 Å². The summed E-state index contributed by atoms with van der Waals surface area (Å²) in [4.78, 5) is 32.1. The van der Waals surface area contributed by atoms with Crippen molar-refractivity contribution in [1.82, 2.24) is 4.57 Å². The lowest BCUT2D eigenvalue weighted by atomic mass is 9.98. The Morgan fingerprint density at radius 3 is 2.00 bits per heavy atom. The van der Waals surface area contributed by atoms with Gasteiger partial charge in [0.05, 0.1) is 7.11 Å². The number of unbranched alkanes of at least 4 members (excludes halogenated alkanes) is 3. The highest BCUT2D eigenvalue weighted by atomic mass is 16.6. The van der Waals surface area contributed by atoms with Crippen LogP contribution in [0.15, 0.2) is 65.8 Å². The molecule has 6 heteroatoms. The Balaban J connectivity index is 1.82. The second kappa shape index (κ2) is 14.8. The van der Waals surface area contributed by atoms with Crippen LogP contribution in [0.25, 0.3) is 21.8 Å². The Kier molecular flexibility index (Phi) is 10.9. The molecule has 0 N–H and O–H groups in total. The number of rotatable bonds is 16. The van der Waals surface area contributed by atoms with E-state index >= 15 is 0 Å². The zero-order valence-corrected chi connectivity index (χ0v) is 25.7. The molecule has 0 fully saturated rings. The van der Waals surface area contributed by atoms with Crippen LogP contribution in [0.1, 0.15) is 98.4 Å². The third-order valence-electron chi connectivity index (χ3n) is 8.21. The molecule has 1 unspecified atom stereocenters. The van der Waals surface area contributed by atoms with Gasteiger partial charge in [-0.1, -0.05) is 58.0 Å². The molecule has 4 aromatic rings. The van der Waals surface area contributed by atoms with Gasteiger partial charge in [0.15, 0.2) is 5.78 Å². The standard InChI is InChI=1S/C36H44N2O4/c1-6-9-11-13-32(37-42-5)36(40)28-17-21-34-31(23-28)30-22-27(35(39)26-14-18-29(41-4)19-15-26)16-20-33(30)38(34)24-25(8-3)12-10-7-2/h14-23,25H,6-13,24H2,1-5H3/b37-32+. The number of hydrogen-bond acceptors (Lipinski definition) is 5. The monoisotopic (exact) mass is 568 g/mol. The number of methoxy groups -OCH3 is 1. The molecular formula is C36H44N2O4. The summed E-state index contributed by atoms with van der Waals surface area (Å²) < 4.78 is 7.63. The molecule has 0 aliphatic rings. The zero-order valence-electron chi connectivity index (χ0n) is 25.7. The summed E-state index contributed by atoms with van der Waals surface area (Å²) in [6.45, 7) is 7.52. The molecule has 0 saturated carbocycles. The van der Waals surface area contributed by atoms with Crippen molar-refractivity contribution in [3.63, 3.8) is 0 Å². The first kappa shape index (κ1) is 31.0. The number of ether oxygens (including phenoxy) is 1. The number of ketones is 2. The predicted molar refractivity (Wildman–Crippen MR) is 172 cm³/mol. The zero-order chi connectivity index (χ0) is 30.1. The first-order valence-corrected chi connectivity index (χ1v) is 15.3. The normalized spacial score (nSPS) is 12.5. The van der Waals surface area contributed by atoms with Crippen LogP contribution < -0.4 is 4.74 Å². The first-order chi connectivity index (χ1) is 20.4. The molecule has 6 nitrogen and oxygen atoms in total. The quantitative estimate of drug-likeness (QED) is 0.0585. The molecule has 0 bridgehead atoms. The smallest absolute Gasteiger partial charge is 0.210 e. The minimum absolute atomic E-state index is 0.0486. The summed E-state index contributed by atoms with van der Waals surface area (Å²) in [5.74, 6) is 1.09. The third kappa shape index (κ3) is 6.92. The highest BCUT2D eigenvalue weighted by molar-refractivity contribution is 6.46. The van der Waals surface area contributed by atoms with E-state index in [1.807, 2.05) is 24.3 Å². The summed E-state index contributed by atoms with van der Waals surface area (Å²) in [5, 5.41) is 6.03. The van der Waals surface area contributed by atoms with Crippen molar-refractivity contribution < 1.29 is 19.2 Å². The molecule has 1 atom stereocenters. The minimum atomic E-state index is -0.115. The largest absolute Gasteiger partial charge is 0.497 e. The van der Waals surface area contributed by atoms with Gasteiger partial charge >= 0.3 is 0 Å².